The number of carbonyl (C=O) groups is 1. The van der Waals surface area contributed by atoms with Gasteiger partial charge in [-0.2, -0.15) is 8.42 Å². The van der Waals surface area contributed by atoms with Crippen LogP contribution in [0.1, 0.15) is 10.4 Å². The van der Waals surface area contributed by atoms with E-state index in [1.165, 1.54) is 12.1 Å². The molecule has 0 saturated heterocycles. The number of quaternary nitrogens is 1. The molecular formula is C7H9CrNO6S. The van der Waals surface area contributed by atoms with Crippen molar-refractivity contribution in [1.29, 1.82) is 0 Å². The summed E-state index contributed by atoms with van der Waals surface area (Å²) >= 11 is 0. The summed E-state index contributed by atoms with van der Waals surface area (Å²) in [5.41, 5.74) is -0.454. The Hall–Kier alpha value is -1.11. The van der Waals surface area contributed by atoms with Crippen LogP contribution in [0.2, 0.25) is 0 Å². The SMILES string of the molecule is O=C([O-])c1ccccc1OS(=O)(=O)O.[Cr].[NH4+]. The van der Waals surface area contributed by atoms with E-state index >= 15 is 0 Å². The molecule has 0 saturated carbocycles. The van der Waals surface area contributed by atoms with Crippen LogP contribution in [0.5, 0.6) is 5.75 Å². The Labute approximate surface area is 103 Å². The molecule has 0 amide bonds. The molecule has 0 atom stereocenters. The molecule has 0 heterocycles. The third-order valence-corrected chi connectivity index (χ3v) is 1.69. The van der Waals surface area contributed by atoms with Gasteiger partial charge in [0.25, 0.3) is 0 Å². The summed E-state index contributed by atoms with van der Waals surface area (Å²) in [5.74, 6) is -2.08. The average Bonchev–Trinajstić information content (AvgIpc) is 2.01. The first-order chi connectivity index (χ1) is 6.40. The zero-order valence-corrected chi connectivity index (χ0v) is 10.2. The molecule has 0 radical (unpaired) electrons. The van der Waals surface area contributed by atoms with Crippen molar-refractivity contribution in [3.63, 3.8) is 0 Å². The van der Waals surface area contributed by atoms with Crippen LogP contribution in [0.15, 0.2) is 24.3 Å². The molecule has 1 rings (SSSR count). The van der Waals surface area contributed by atoms with Crippen LogP contribution in [-0.2, 0) is 27.8 Å². The molecule has 1 aromatic carbocycles. The maximum Gasteiger partial charge on any atom is 0.446 e. The van der Waals surface area contributed by atoms with Crippen molar-refractivity contribution in [2.24, 2.45) is 0 Å². The fourth-order valence-corrected chi connectivity index (χ4v) is 1.19. The fraction of sp³-hybridized carbons (Fsp3) is 0. The van der Waals surface area contributed by atoms with Crippen LogP contribution in [-0.4, -0.2) is 18.9 Å². The van der Waals surface area contributed by atoms with Crippen molar-refractivity contribution in [2.45, 2.75) is 0 Å². The molecule has 0 bridgehead atoms. The summed E-state index contributed by atoms with van der Waals surface area (Å²) in [4.78, 5) is 10.4. The summed E-state index contributed by atoms with van der Waals surface area (Å²) in [6, 6.07) is 4.89. The Morgan fingerprint density at radius 1 is 1.31 bits per heavy atom. The van der Waals surface area contributed by atoms with Gasteiger partial charge >= 0.3 is 10.4 Å². The number of carbonyl (C=O) groups excluding carboxylic acids is 1. The molecule has 0 unspecified atom stereocenters. The van der Waals surface area contributed by atoms with E-state index in [1.54, 1.807) is 0 Å². The van der Waals surface area contributed by atoms with E-state index < -0.39 is 27.7 Å². The van der Waals surface area contributed by atoms with Gasteiger partial charge in [-0.3, -0.25) is 4.55 Å². The molecular weight excluding hydrogens is 278 g/mol. The molecule has 7 nitrogen and oxygen atoms in total. The smallest absolute Gasteiger partial charge is 0.446 e. The van der Waals surface area contributed by atoms with Crippen LogP contribution in [0, 0.1) is 0 Å². The molecule has 0 fully saturated rings. The van der Waals surface area contributed by atoms with Crippen LogP contribution in [0.4, 0.5) is 0 Å². The van der Waals surface area contributed by atoms with E-state index in [2.05, 4.69) is 4.18 Å². The number of para-hydroxylation sites is 1. The molecule has 5 N–H and O–H groups in total. The third-order valence-electron chi connectivity index (χ3n) is 1.30. The van der Waals surface area contributed by atoms with Gasteiger partial charge in [-0.1, -0.05) is 12.1 Å². The number of rotatable bonds is 3. The van der Waals surface area contributed by atoms with Gasteiger partial charge in [-0.05, 0) is 12.1 Å². The molecule has 1 aromatic rings. The molecule has 0 spiro atoms. The summed E-state index contributed by atoms with van der Waals surface area (Å²) < 4.78 is 32.9. The van der Waals surface area contributed by atoms with Crippen molar-refractivity contribution in [2.75, 3.05) is 0 Å². The van der Waals surface area contributed by atoms with Crippen LogP contribution in [0.3, 0.4) is 0 Å². The third kappa shape index (κ3) is 5.11. The number of hydrogen-bond acceptors (Lipinski definition) is 5. The van der Waals surface area contributed by atoms with Crippen molar-refractivity contribution >= 4 is 16.4 Å². The largest absolute Gasteiger partial charge is 0.545 e. The van der Waals surface area contributed by atoms with E-state index in [1.807, 2.05) is 0 Å². The Morgan fingerprint density at radius 3 is 2.25 bits per heavy atom. The van der Waals surface area contributed by atoms with Crippen molar-refractivity contribution in [3.05, 3.63) is 29.8 Å². The molecule has 90 valence electrons. The van der Waals surface area contributed by atoms with E-state index in [0.29, 0.717) is 0 Å². The normalized spacial score (nSPS) is 9.56. The Bertz CT molecular complexity index is 460. The van der Waals surface area contributed by atoms with Gasteiger partial charge in [0.1, 0.15) is 0 Å². The summed E-state index contributed by atoms with van der Waals surface area (Å²) in [7, 11) is -4.72. The van der Waals surface area contributed by atoms with E-state index in [-0.39, 0.29) is 23.5 Å². The number of carboxylic acid groups (broad SMARTS) is 1. The molecule has 0 aliphatic rings. The summed E-state index contributed by atoms with van der Waals surface area (Å²) in [6.45, 7) is 0. The second-order valence-electron chi connectivity index (χ2n) is 2.29. The van der Waals surface area contributed by atoms with E-state index in [9.17, 15) is 18.3 Å². The first-order valence-electron chi connectivity index (χ1n) is 3.37. The van der Waals surface area contributed by atoms with Crippen LogP contribution < -0.4 is 15.4 Å². The minimum atomic E-state index is -4.72. The zero-order chi connectivity index (χ0) is 10.8. The zero-order valence-electron chi connectivity index (χ0n) is 8.11. The van der Waals surface area contributed by atoms with Gasteiger partial charge in [0.2, 0.25) is 0 Å². The van der Waals surface area contributed by atoms with Crippen molar-refractivity contribution in [1.82, 2.24) is 6.15 Å². The second-order valence-corrected chi connectivity index (χ2v) is 3.32. The minimum absolute atomic E-state index is 0. The standard InChI is InChI=1S/C7H6O6S.Cr.H3N/c8-7(9)5-3-1-2-4-6(5)13-14(10,11)12;;/h1-4H,(H,8,9)(H,10,11,12);;1H3. The Morgan fingerprint density at radius 2 is 1.81 bits per heavy atom. The predicted molar refractivity (Wildman–Crippen MR) is 48.9 cm³/mol. The first-order valence-corrected chi connectivity index (χ1v) is 4.74. The molecule has 9 heteroatoms. The molecule has 16 heavy (non-hydrogen) atoms. The second kappa shape index (κ2) is 6.47. The topological polar surface area (TPSA) is 140 Å². The van der Waals surface area contributed by atoms with Gasteiger partial charge in [0.15, 0.2) is 5.75 Å². The van der Waals surface area contributed by atoms with Gasteiger partial charge in [-0.25, -0.2) is 0 Å². The maximum atomic E-state index is 10.4. The van der Waals surface area contributed by atoms with Crippen LogP contribution in [0.25, 0.3) is 0 Å². The van der Waals surface area contributed by atoms with Crippen LogP contribution >= 0.6 is 0 Å². The van der Waals surface area contributed by atoms with Gasteiger partial charge in [0, 0.05) is 22.9 Å². The monoisotopic (exact) mass is 287 g/mol. The van der Waals surface area contributed by atoms with Gasteiger partial charge in [-0.15, -0.1) is 0 Å². The van der Waals surface area contributed by atoms with Gasteiger partial charge < -0.3 is 20.2 Å². The van der Waals surface area contributed by atoms with Crippen molar-refractivity contribution < 1.29 is 44.4 Å². The predicted octanol–water partition coefficient (Wildman–Crippen LogP) is -0.395. The van der Waals surface area contributed by atoms with E-state index in [4.69, 9.17) is 4.55 Å². The van der Waals surface area contributed by atoms with Gasteiger partial charge in [0.05, 0.1) is 5.97 Å². The number of aromatic carboxylic acids is 1. The quantitative estimate of drug-likeness (QED) is 0.725. The number of carboxylic acids is 1. The molecule has 0 aromatic heterocycles. The Balaban J connectivity index is 0. The molecule has 0 aliphatic heterocycles. The number of benzene rings is 1. The minimum Gasteiger partial charge on any atom is -0.545 e. The molecule has 0 aliphatic carbocycles. The van der Waals surface area contributed by atoms with Crippen molar-refractivity contribution in [3.8, 4) is 5.75 Å². The number of hydrogen-bond donors (Lipinski definition) is 2. The van der Waals surface area contributed by atoms with E-state index in [0.717, 1.165) is 12.1 Å². The summed E-state index contributed by atoms with van der Waals surface area (Å²) in [5, 5.41) is 10.4. The maximum absolute atomic E-state index is 10.4. The fourth-order valence-electron chi connectivity index (χ4n) is 0.821. The summed E-state index contributed by atoms with van der Waals surface area (Å²) in [6.07, 6.45) is 0. The average molecular weight is 287 g/mol. The first kappa shape index (κ1) is 17.3. The Kier molecular flexibility index (Phi) is 6.99.